The van der Waals surface area contributed by atoms with Crippen molar-refractivity contribution in [3.05, 3.63) is 12.2 Å². The predicted molar refractivity (Wildman–Crippen MR) is 86.0 cm³/mol. The molecule has 3 fully saturated rings. The van der Waals surface area contributed by atoms with Crippen molar-refractivity contribution in [3.63, 3.8) is 0 Å². The lowest BCUT2D eigenvalue weighted by Crippen LogP contribution is -2.47. The highest BCUT2D eigenvalue weighted by Crippen LogP contribution is 2.48. The van der Waals surface area contributed by atoms with E-state index in [-0.39, 0.29) is 31.0 Å². The molecule has 0 radical (unpaired) electrons. The SMILES string of the molecule is C=C1CN2[C@H](COC(=O)C3(C)CCC(F)(F)C3)CC[C@@]2(COC)C1. The van der Waals surface area contributed by atoms with Crippen molar-refractivity contribution in [3.8, 4) is 0 Å². The van der Waals surface area contributed by atoms with E-state index in [1.165, 1.54) is 5.57 Å². The second-order valence-electron chi connectivity index (χ2n) is 8.10. The van der Waals surface area contributed by atoms with E-state index in [0.29, 0.717) is 6.61 Å². The van der Waals surface area contributed by atoms with Crippen LogP contribution in [0.3, 0.4) is 0 Å². The number of esters is 1. The van der Waals surface area contributed by atoms with Gasteiger partial charge in [-0.15, -0.1) is 0 Å². The fourth-order valence-electron chi connectivity index (χ4n) is 4.75. The Kier molecular flexibility index (Phi) is 4.49. The van der Waals surface area contributed by atoms with Crippen molar-refractivity contribution in [2.75, 3.05) is 26.9 Å². The molecule has 0 N–H and O–H groups in total. The molecule has 1 aliphatic carbocycles. The lowest BCUT2D eigenvalue weighted by molar-refractivity contribution is -0.158. The number of methoxy groups -OCH3 is 1. The van der Waals surface area contributed by atoms with Gasteiger partial charge in [-0.1, -0.05) is 12.2 Å². The molecule has 0 amide bonds. The Morgan fingerprint density at radius 1 is 1.38 bits per heavy atom. The molecule has 3 aliphatic rings. The van der Waals surface area contributed by atoms with Crippen molar-refractivity contribution in [2.45, 2.75) is 63.0 Å². The number of nitrogens with zero attached hydrogens (tertiary/aromatic N) is 1. The third-order valence-corrected chi connectivity index (χ3v) is 5.97. The summed E-state index contributed by atoms with van der Waals surface area (Å²) in [5.41, 5.74) is 0.0820. The number of rotatable bonds is 5. The smallest absolute Gasteiger partial charge is 0.312 e. The van der Waals surface area contributed by atoms with Crippen LogP contribution < -0.4 is 0 Å². The van der Waals surface area contributed by atoms with Gasteiger partial charge in [0, 0.05) is 38.1 Å². The molecule has 2 heterocycles. The van der Waals surface area contributed by atoms with Gasteiger partial charge >= 0.3 is 5.97 Å². The molecule has 2 aliphatic heterocycles. The number of carbonyl (C=O) groups excluding carboxylic acids is 1. The quantitative estimate of drug-likeness (QED) is 0.568. The van der Waals surface area contributed by atoms with Crippen molar-refractivity contribution >= 4 is 5.97 Å². The fourth-order valence-corrected chi connectivity index (χ4v) is 4.75. The molecule has 0 aromatic rings. The summed E-state index contributed by atoms with van der Waals surface area (Å²) >= 11 is 0. The summed E-state index contributed by atoms with van der Waals surface area (Å²) < 4.78 is 37.8. The molecule has 136 valence electrons. The number of fused-ring (bicyclic) bond motifs is 1. The van der Waals surface area contributed by atoms with Crippen LogP contribution in [0.15, 0.2) is 12.2 Å². The van der Waals surface area contributed by atoms with Gasteiger partial charge in [-0.25, -0.2) is 8.78 Å². The zero-order valence-corrected chi connectivity index (χ0v) is 14.6. The second kappa shape index (κ2) is 6.06. The summed E-state index contributed by atoms with van der Waals surface area (Å²) in [4.78, 5) is 14.7. The summed E-state index contributed by atoms with van der Waals surface area (Å²) in [6.45, 7) is 7.38. The van der Waals surface area contributed by atoms with E-state index in [0.717, 1.165) is 25.8 Å². The fraction of sp³-hybridized carbons (Fsp3) is 0.833. The van der Waals surface area contributed by atoms with Crippen LogP contribution in [0.1, 0.15) is 45.4 Å². The standard InChI is InChI=1S/C18H27F2NO3/c1-13-8-17(12-23-3)5-4-14(21(17)9-13)10-24-15(22)16(2)6-7-18(19,20)11-16/h14H,1,4-12H2,2-3H3/t14-,16?,17-/m0/s1. The van der Waals surface area contributed by atoms with Crippen LogP contribution >= 0.6 is 0 Å². The molecule has 4 nitrogen and oxygen atoms in total. The van der Waals surface area contributed by atoms with Crippen LogP contribution in [0.5, 0.6) is 0 Å². The van der Waals surface area contributed by atoms with Crippen molar-refractivity contribution in [2.24, 2.45) is 5.41 Å². The minimum atomic E-state index is -2.75. The molecule has 24 heavy (non-hydrogen) atoms. The lowest BCUT2D eigenvalue weighted by atomic mass is 9.89. The Hall–Kier alpha value is -1.01. The number of ether oxygens (including phenoxy) is 2. The third kappa shape index (κ3) is 3.10. The van der Waals surface area contributed by atoms with Crippen molar-refractivity contribution < 1.29 is 23.0 Å². The molecule has 3 atom stereocenters. The van der Waals surface area contributed by atoms with E-state index in [1.54, 1.807) is 14.0 Å². The first-order chi connectivity index (χ1) is 11.2. The van der Waals surface area contributed by atoms with Crippen LogP contribution in [0.4, 0.5) is 8.78 Å². The molecule has 1 unspecified atom stereocenters. The Labute approximate surface area is 142 Å². The van der Waals surface area contributed by atoms with Gasteiger partial charge < -0.3 is 9.47 Å². The highest BCUT2D eigenvalue weighted by atomic mass is 19.3. The van der Waals surface area contributed by atoms with Gasteiger partial charge in [0.25, 0.3) is 0 Å². The molecular weight excluding hydrogens is 316 g/mol. The number of alkyl halides is 2. The zero-order valence-electron chi connectivity index (χ0n) is 14.6. The minimum Gasteiger partial charge on any atom is -0.464 e. The molecule has 0 aromatic carbocycles. The Balaban J connectivity index is 1.59. The lowest BCUT2D eigenvalue weighted by Gasteiger charge is -2.34. The molecule has 0 spiro atoms. The van der Waals surface area contributed by atoms with Gasteiger partial charge in [0.1, 0.15) is 6.61 Å². The predicted octanol–water partition coefficient (Wildman–Crippen LogP) is 3.16. The molecule has 0 bridgehead atoms. The normalized spacial score (nSPS) is 38.5. The van der Waals surface area contributed by atoms with Crippen LogP contribution in [0, 0.1) is 5.41 Å². The number of hydrogen-bond donors (Lipinski definition) is 0. The number of carbonyl (C=O) groups is 1. The maximum absolute atomic E-state index is 13.5. The highest BCUT2D eigenvalue weighted by molar-refractivity contribution is 5.77. The first-order valence-electron chi connectivity index (χ1n) is 8.67. The minimum absolute atomic E-state index is 0.0345. The average Bonchev–Trinajstić information content (AvgIpc) is 3.07. The molecule has 2 saturated heterocycles. The third-order valence-electron chi connectivity index (χ3n) is 5.97. The zero-order chi connectivity index (χ0) is 17.6. The van der Waals surface area contributed by atoms with Crippen LogP contribution in [-0.4, -0.2) is 55.2 Å². The van der Waals surface area contributed by atoms with E-state index in [1.807, 2.05) is 0 Å². The summed E-state index contributed by atoms with van der Waals surface area (Å²) in [5, 5.41) is 0. The van der Waals surface area contributed by atoms with Gasteiger partial charge in [-0.2, -0.15) is 0 Å². The summed E-state index contributed by atoms with van der Waals surface area (Å²) in [6, 6.07) is 0.119. The summed E-state index contributed by atoms with van der Waals surface area (Å²) in [7, 11) is 1.70. The topological polar surface area (TPSA) is 38.8 Å². The first-order valence-corrected chi connectivity index (χ1v) is 8.67. The second-order valence-corrected chi connectivity index (χ2v) is 8.10. The Morgan fingerprint density at radius 3 is 2.75 bits per heavy atom. The largest absolute Gasteiger partial charge is 0.464 e. The maximum atomic E-state index is 13.5. The van der Waals surface area contributed by atoms with E-state index in [2.05, 4.69) is 11.5 Å². The van der Waals surface area contributed by atoms with E-state index in [4.69, 9.17) is 9.47 Å². The van der Waals surface area contributed by atoms with Crippen LogP contribution in [0.25, 0.3) is 0 Å². The maximum Gasteiger partial charge on any atom is 0.312 e. The van der Waals surface area contributed by atoms with Gasteiger partial charge in [0.2, 0.25) is 5.92 Å². The van der Waals surface area contributed by atoms with Gasteiger partial charge in [0.15, 0.2) is 0 Å². The van der Waals surface area contributed by atoms with Gasteiger partial charge in [-0.05, 0) is 32.6 Å². The molecule has 6 heteroatoms. The molecule has 1 saturated carbocycles. The van der Waals surface area contributed by atoms with Gasteiger partial charge in [-0.3, -0.25) is 9.69 Å². The summed E-state index contributed by atoms with van der Waals surface area (Å²) in [5.74, 6) is -3.23. The van der Waals surface area contributed by atoms with Crippen LogP contribution in [-0.2, 0) is 14.3 Å². The molecule has 3 rings (SSSR count). The average molecular weight is 343 g/mol. The monoisotopic (exact) mass is 343 g/mol. The Bertz CT molecular complexity index is 538. The van der Waals surface area contributed by atoms with Crippen molar-refractivity contribution in [1.29, 1.82) is 0 Å². The molecular formula is C18H27F2NO3. The first kappa shape index (κ1) is 17.8. The van der Waals surface area contributed by atoms with E-state index < -0.39 is 23.7 Å². The van der Waals surface area contributed by atoms with Crippen LogP contribution in [0.2, 0.25) is 0 Å². The van der Waals surface area contributed by atoms with Crippen molar-refractivity contribution in [1.82, 2.24) is 4.90 Å². The molecule has 0 aromatic heterocycles. The van der Waals surface area contributed by atoms with E-state index >= 15 is 0 Å². The van der Waals surface area contributed by atoms with E-state index in [9.17, 15) is 13.6 Å². The number of halogens is 2. The van der Waals surface area contributed by atoms with Gasteiger partial charge in [0.05, 0.1) is 12.0 Å². The Morgan fingerprint density at radius 2 is 2.12 bits per heavy atom. The highest BCUT2D eigenvalue weighted by Gasteiger charge is 2.53. The number of hydrogen-bond acceptors (Lipinski definition) is 4. The summed E-state index contributed by atoms with van der Waals surface area (Å²) in [6.07, 6.45) is 2.38.